The van der Waals surface area contributed by atoms with Crippen molar-refractivity contribution in [1.82, 2.24) is 4.72 Å². The van der Waals surface area contributed by atoms with E-state index in [1.165, 1.54) is 13.0 Å². The Labute approximate surface area is 147 Å². The summed E-state index contributed by atoms with van der Waals surface area (Å²) in [6.07, 6.45) is 0. The maximum absolute atomic E-state index is 13.1. The van der Waals surface area contributed by atoms with Crippen LogP contribution in [0.1, 0.15) is 30.9 Å². The van der Waals surface area contributed by atoms with Crippen molar-refractivity contribution < 1.29 is 17.6 Å². The normalized spacial score (nSPS) is 11.6. The second kappa shape index (κ2) is 7.76. The summed E-state index contributed by atoms with van der Waals surface area (Å²) in [5, 5.41) is 2.71. The van der Waals surface area contributed by atoms with Crippen molar-refractivity contribution >= 4 is 21.6 Å². The molecule has 2 aromatic carbocycles. The number of rotatable bonds is 6. The van der Waals surface area contributed by atoms with Crippen LogP contribution in [0.5, 0.6) is 0 Å². The third kappa shape index (κ3) is 4.87. The monoisotopic (exact) mass is 364 g/mol. The van der Waals surface area contributed by atoms with E-state index in [1.54, 1.807) is 12.1 Å². The van der Waals surface area contributed by atoms with Crippen LogP contribution in [-0.2, 0) is 14.8 Å². The Bertz CT molecular complexity index is 880. The first-order valence-corrected chi connectivity index (χ1v) is 9.33. The van der Waals surface area contributed by atoms with Gasteiger partial charge in [-0.1, -0.05) is 32.0 Å². The second-order valence-corrected chi connectivity index (χ2v) is 7.76. The molecular weight excluding hydrogens is 343 g/mol. The number of benzene rings is 2. The molecule has 5 nitrogen and oxygen atoms in total. The number of carbonyl (C=O) groups is 1. The van der Waals surface area contributed by atoms with E-state index in [4.69, 9.17) is 0 Å². The van der Waals surface area contributed by atoms with Crippen molar-refractivity contribution in [3.05, 3.63) is 59.4 Å². The molecule has 0 saturated carbocycles. The van der Waals surface area contributed by atoms with E-state index in [0.29, 0.717) is 5.69 Å². The maximum atomic E-state index is 13.1. The first kappa shape index (κ1) is 19.1. The maximum Gasteiger partial charge on any atom is 0.241 e. The van der Waals surface area contributed by atoms with Gasteiger partial charge in [-0.2, -0.15) is 0 Å². The summed E-state index contributed by atoms with van der Waals surface area (Å²) >= 11 is 0. The lowest BCUT2D eigenvalue weighted by Crippen LogP contribution is -2.33. The van der Waals surface area contributed by atoms with Crippen LogP contribution < -0.4 is 10.0 Å². The molecule has 2 N–H and O–H groups in total. The zero-order valence-electron chi connectivity index (χ0n) is 14.3. The molecule has 134 valence electrons. The molecule has 0 aliphatic heterocycles. The van der Waals surface area contributed by atoms with Gasteiger partial charge in [-0.3, -0.25) is 4.79 Å². The van der Waals surface area contributed by atoms with Crippen molar-refractivity contribution in [3.63, 3.8) is 0 Å². The highest BCUT2D eigenvalue weighted by Gasteiger charge is 2.18. The summed E-state index contributed by atoms with van der Waals surface area (Å²) in [6.45, 7) is 5.10. The summed E-state index contributed by atoms with van der Waals surface area (Å²) < 4.78 is 39.9. The molecule has 0 spiro atoms. The number of sulfonamides is 1. The molecule has 0 unspecified atom stereocenters. The highest BCUT2D eigenvalue weighted by molar-refractivity contribution is 7.89. The number of anilines is 1. The van der Waals surface area contributed by atoms with E-state index in [1.807, 2.05) is 26.0 Å². The number of para-hydroxylation sites is 1. The summed E-state index contributed by atoms with van der Waals surface area (Å²) in [6, 6.07) is 10.7. The highest BCUT2D eigenvalue weighted by atomic mass is 32.2. The number of hydrogen-bond acceptors (Lipinski definition) is 3. The minimum atomic E-state index is -3.90. The van der Waals surface area contributed by atoms with E-state index < -0.39 is 28.3 Å². The number of hydrogen-bond donors (Lipinski definition) is 2. The summed E-state index contributed by atoms with van der Waals surface area (Å²) in [7, 11) is -3.90. The van der Waals surface area contributed by atoms with Crippen molar-refractivity contribution in [1.29, 1.82) is 0 Å². The third-order valence-corrected chi connectivity index (χ3v) is 5.27. The van der Waals surface area contributed by atoms with Crippen LogP contribution in [0.3, 0.4) is 0 Å². The molecule has 0 atom stereocenters. The second-order valence-electron chi connectivity index (χ2n) is 6.02. The van der Waals surface area contributed by atoms with Crippen LogP contribution in [0.25, 0.3) is 0 Å². The van der Waals surface area contributed by atoms with Crippen LogP contribution in [-0.4, -0.2) is 20.9 Å². The molecule has 25 heavy (non-hydrogen) atoms. The molecule has 2 aromatic rings. The van der Waals surface area contributed by atoms with Gasteiger partial charge in [-0.05, 0) is 48.2 Å². The quantitative estimate of drug-likeness (QED) is 0.827. The number of nitrogens with one attached hydrogen (secondary N) is 2. The van der Waals surface area contributed by atoms with Crippen molar-refractivity contribution in [2.24, 2.45) is 0 Å². The minimum Gasteiger partial charge on any atom is -0.325 e. The fourth-order valence-corrected chi connectivity index (χ4v) is 3.67. The number of aryl methyl sites for hydroxylation is 1. The van der Waals surface area contributed by atoms with Crippen molar-refractivity contribution in [3.8, 4) is 0 Å². The molecule has 0 heterocycles. The molecule has 0 radical (unpaired) electrons. The Hall–Kier alpha value is -2.25. The molecule has 0 aromatic heterocycles. The zero-order valence-corrected chi connectivity index (χ0v) is 15.2. The van der Waals surface area contributed by atoms with E-state index in [-0.39, 0.29) is 16.4 Å². The predicted molar refractivity (Wildman–Crippen MR) is 95.5 cm³/mol. The zero-order chi connectivity index (χ0) is 18.6. The Morgan fingerprint density at radius 3 is 2.48 bits per heavy atom. The Kier molecular flexibility index (Phi) is 5.92. The van der Waals surface area contributed by atoms with E-state index in [9.17, 15) is 17.6 Å². The SMILES string of the molecule is Cc1cc(F)ccc1S(=O)(=O)NCC(=O)Nc1ccccc1C(C)C. The summed E-state index contributed by atoms with van der Waals surface area (Å²) in [5.74, 6) is -0.772. The lowest BCUT2D eigenvalue weighted by atomic mass is 10.0. The summed E-state index contributed by atoms with van der Waals surface area (Å²) in [5.41, 5.74) is 1.89. The largest absolute Gasteiger partial charge is 0.325 e. The first-order valence-electron chi connectivity index (χ1n) is 7.85. The number of halogens is 1. The fraction of sp³-hybridized carbons (Fsp3) is 0.278. The molecule has 0 saturated heterocycles. The molecule has 2 rings (SSSR count). The average Bonchev–Trinajstić information content (AvgIpc) is 2.53. The Balaban J connectivity index is 2.07. The third-order valence-electron chi connectivity index (χ3n) is 3.71. The van der Waals surface area contributed by atoms with E-state index in [0.717, 1.165) is 17.7 Å². The van der Waals surface area contributed by atoms with Crippen LogP contribution in [0.2, 0.25) is 0 Å². The van der Waals surface area contributed by atoms with Crippen LogP contribution >= 0.6 is 0 Å². The van der Waals surface area contributed by atoms with Gasteiger partial charge in [0.25, 0.3) is 0 Å². The van der Waals surface area contributed by atoms with Crippen molar-refractivity contribution in [2.75, 3.05) is 11.9 Å². The van der Waals surface area contributed by atoms with Gasteiger partial charge in [0.15, 0.2) is 0 Å². The van der Waals surface area contributed by atoms with Gasteiger partial charge in [0.05, 0.1) is 11.4 Å². The molecule has 0 aliphatic rings. The van der Waals surface area contributed by atoms with Gasteiger partial charge in [-0.15, -0.1) is 0 Å². The van der Waals surface area contributed by atoms with Gasteiger partial charge in [-0.25, -0.2) is 17.5 Å². The lowest BCUT2D eigenvalue weighted by Gasteiger charge is -2.14. The Morgan fingerprint density at radius 2 is 1.84 bits per heavy atom. The van der Waals surface area contributed by atoms with Gasteiger partial charge < -0.3 is 5.32 Å². The standard InChI is InChI=1S/C18H21FN2O3S/c1-12(2)15-6-4-5-7-16(15)21-18(22)11-20-25(23,24)17-9-8-14(19)10-13(17)3/h4-10,12,20H,11H2,1-3H3,(H,21,22). The molecule has 7 heteroatoms. The van der Waals surface area contributed by atoms with Crippen LogP contribution in [0.15, 0.2) is 47.4 Å². The Morgan fingerprint density at radius 1 is 1.16 bits per heavy atom. The smallest absolute Gasteiger partial charge is 0.241 e. The molecule has 1 amide bonds. The highest BCUT2D eigenvalue weighted by Crippen LogP contribution is 2.23. The topological polar surface area (TPSA) is 75.3 Å². The van der Waals surface area contributed by atoms with Crippen LogP contribution in [0, 0.1) is 12.7 Å². The van der Waals surface area contributed by atoms with Crippen molar-refractivity contribution in [2.45, 2.75) is 31.6 Å². The predicted octanol–water partition coefficient (Wildman–Crippen LogP) is 3.17. The van der Waals surface area contributed by atoms with E-state index in [2.05, 4.69) is 10.0 Å². The molecule has 0 fully saturated rings. The molecule has 0 aliphatic carbocycles. The van der Waals surface area contributed by atoms with Gasteiger partial charge in [0.2, 0.25) is 15.9 Å². The number of carbonyl (C=O) groups excluding carboxylic acids is 1. The van der Waals surface area contributed by atoms with Gasteiger partial charge >= 0.3 is 0 Å². The fourth-order valence-electron chi connectivity index (χ4n) is 2.46. The lowest BCUT2D eigenvalue weighted by molar-refractivity contribution is -0.115. The van der Waals surface area contributed by atoms with E-state index >= 15 is 0 Å². The minimum absolute atomic E-state index is 0.0516. The summed E-state index contributed by atoms with van der Waals surface area (Å²) in [4.78, 5) is 12.1. The van der Waals surface area contributed by atoms with Crippen LogP contribution in [0.4, 0.5) is 10.1 Å². The molecular formula is C18H21FN2O3S. The number of amides is 1. The first-order chi connectivity index (χ1) is 11.7. The van der Waals surface area contributed by atoms with Gasteiger partial charge in [0, 0.05) is 5.69 Å². The molecule has 0 bridgehead atoms. The van der Waals surface area contributed by atoms with Gasteiger partial charge in [0.1, 0.15) is 5.82 Å². The average molecular weight is 364 g/mol.